The Balaban J connectivity index is 0.000000561. The second-order valence-corrected chi connectivity index (χ2v) is 2.88. The Morgan fingerprint density at radius 3 is 2.08 bits per heavy atom. The van der Waals surface area contributed by atoms with E-state index in [9.17, 15) is 0 Å². The first-order valence-electron chi connectivity index (χ1n) is 4.70. The van der Waals surface area contributed by atoms with E-state index >= 15 is 0 Å². The number of allylic oxidation sites excluding steroid dienone is 5. The molecule has 0 nitrogen and oxygen atoms in total. The van der Waals surface area contributed by atoms with E-state index in [4.69, 9.17) is 0 Å². The first-order chi connectivity index (χ1) is 5.66. The lowest BCUT2D eigenvalue weighted by molar-refractivity contribution is 0.844. The highest BCUT2D eigenvalue weighted by atomic mass is 14.2. The zero-order valence-corrected chi connectivity index (χ0v) is 8.94. The summed E-state index contributed by atoms with van der Waals surface area (Å²) in [6.45, 7) is 14.4. The normalized spacial score (nSPS) is 25.1. The van der Waals surface area contributed by atoms with Crippen molar-refractivity contribution in [3.63, 3.8) is 0 Å². The molecule has 0 fully saturated rings. The maximum Gasteiger partial charge on any atom is 0.00228 e. The summed E-state index contributed by atoms with van der Waals surface area (Å²) >= 11 is 0. The van der Waals surface area contributed by atoms with Crippen LogP contribution in [0.3, 0.4) is 0 Å². The molecule has 0 heteroatoms. The lowest BCUT2D eigenvalue weighted by Gasteiger charge is -2.06. The Morgan fingerprint density at radius 2 is 1.92 bits per heavy atom. The van der Waals surface area contributed by atoms with Crippen molar-refractivity contribution in [2.24, 2.45) is 5.92 Å². The summed E-state index contributed by atoms with van der Waals surface area (Å²) in [5, 5.41) is 0. The summed E-state index contributed by atoms with van der Waals surface area (Å²) in [5.41, 5.74) is 4.00. The lowest BCUT2D eigenvalue weighted by atomic mass is 9.99. The maximum atomic E-state index is 3.96. The van der Waals surface area contributed by atoms with Crippen LogP contribution in [0.15, 0.2) is 35.5 Å². The van der Waals surface area contributed by atoms with Gasteiger partial charge >= 0.3 is 0 Å². The zero-order chi connectivity index (χ0) is 9.72. The second kappa shape index (κ2) is 4.97. The van der Waals surface area contributed by atoms with Crippen LogP contribution < -0.4 is 0 Å². The van der Waals surface area contributed by atoms with E-state index in [-0.39, 0.29) is 0 Å². The number of hydrogen-bond acceptors (Lipinski definition) is 0. The minimum Gasteiger partial charge on any atom is -0.0915 e. The van der Waals surface area contributed by atoms with Crippen molar-refractivity contribution in [2.75, 3.05) is 0 Å². The molecule has 1 aliphatic rings. The second-order valence-electron chi connectivity index (χ2n) is 2.88. The van der Waals surface area contributed by atoms with Gasteiger partial charge in [-0.3, -0.25) is 0 Å². The molecule has 0 amide bonds. The fourth-order valence-electron chi connectivity index (χ4n) is 1.44. The molecule has 1 aliphatic carbocycles. The molecule has 0 aliphatic heterocycles. The molecule has 1 unspecified atom stereocenters. The van der Waals surface area contributed by atoms with E-state index in [1.165, 1.54) is 16.7 Å². The van der Waals surface area contributed by atoms with Crippen LogP contribution in [0.2, 0.25) is 0 Å². The van der Waals surface area contributed by atoms with Crippen molar-refractivity contribution in [3.05, 3.63) is 35.5 Å². The fraction of sp³-hybridized carbons (Fsp3) is 0.500. The minimum absolute atomic E-state index is 0.595. The molecule has 0 radical (unpaired) electrons. The molecule has 1 rings (SSSR count). The number of rotatable bonds is 0. The third kappa shape index (κ3) is 2.10. The fourth-order valence-corrected chi connectivity index (χ4v) is 1.44. The first-order valence-corrected chi connectivity index (χ1v) is 4.70. The van der Waals surface area contributed by atoms with Crippen molar-refractivity contribution < 1.29 is 0 Å². The van der Waals surface area contributed by atoms with Gasteiger partial charge in [0.05, 0.1) is 0 Å². The summed E-state index contributed by atoms with van der Waals surface area (Å²) in [5.74, 6) is 0.595. The average molecular weight is 164 g/mol. The van der Waals surface area contributed by atoms with E-state index < -0.39 is 0 Å². The summed E-state index contributed by atoms with van der Waals surface area (Å²) < 4.78 is 0. The van der Waals surface area contributed by atoms with Crippen LogP contribution in [0.5, 0.6) is 0 Å². The molecule has 0 N–H and O–H groups in total. The van der Waals surface area contributed by atoms with E-state index in [2.05, 4.69) is 39.5 Å². The highest BCUT2D eigenvalue weighted by Crippen LogP contribution is 2.33. The first kappa shape index (κ1) is 11.2. The molecule has 0 saturated heterocycles. The van der Waals surface area contributed by atoms with Gasteiger partial charge in [-0.2, -0.15) is 0 Å². The van der Waals surface area contributed by atoms with Crippen molar-refractivity contribution >= 4 is 0 Å². The highest BCUT2D eigenvalue weighted by molar-refractivity contribution is 5.49. The summed E-state index contributed by atoms with van der Waals surface area (Å²) in [7, 11) is 0. The van der Waals surface area contributed by atoms with Crippen LogP contribution in [0.1, 0.15) is 34.6 Å². The van der Waals surface area contributed by atoms with E-state index in [1.54, 1.807) is 0 Å². The average Bonchev–Trinajstić information content (AvgIpc) is 2.31. The van der Waals surface area contributed by atoms with Gasteiger partial charge in [-0.1, -0.05) is 45.1 Å². The predicted molar refractivity (Wildman–Crippen MR) is 57.2 cm³/mol. The molecule has 0 spiro atoms. The third-order valence-electron chi connectivity index (χ3n) is 2.23. The van der Waals surface area contributed by atoms with Crippen molar-refractivity contribution in [1.82, 2.24) is 0 Å². The Hall–Kier alpha value is -0.780. The van der Waals surface area contributed by atoms with Crippen LogP contribution in [0, 0.1) is 5.92 Å². The van der Waals surface area contributed by atoms with Crippen LogP contribution in [-0.2, 0) is 0 Å². The summed E-state index contributed by atoms with van der Waals surface area (Å²) in [4.78, 5) is 0. The van der Waals surface area contributed by atoms with Gasteiger partial charge < -0.3 is 0 Å². The van der Waals surface area contributed by atoms with E-state index in [0.717, 1.165) is 0 Å². The predicted octanol–water partition coefficient (Wildman–Crippen LogP) is 4.11. The van der Waals surface area contributed by atoms with Gasteiger partial charge in [0.25, 0.3) is 0 Å². The van der Waals surface area contributed by atoms with E-state index in [0.29, 0.717) is 5.92 Å². The van der Waals surface area contributed by atoms with Gasteiger partial charge in [0.1, 0.15) is 0 Å². The standard InChI is InChI=1S/C10H14.C2H6/c1-5-10-8(3)6-7(2)9(10)4;1-2/h5-6,9H,3H2,1-2,4H3;1-2H3/b10-5+;. The smallest absolute Gasteiger partial charge is 0.00228 e. The van der Waals surface area contributed by atoms with Gasteiger partial charge in [0.15, 0.2) is 0 Å². The molecular weight excluding hydrogens is 144 g/mol. The van der Waals surface area contributed by atoms with Gasteiger partial charge in [-0.15, -0.1) is 0 Å². The van der Waals surface area contributed by atoms with Crippen LogP contribution in [-0.4, -0.2) is 0 Å². The molecular formula is C12H20. The zero-order valence-electron chi connectivity index (χ0n) is 8.94. The van der Waals surface area contributed by atoms with Crippen LogP contribution in [0.25, 0.3) is 0 Å². The molecule has 0 aromatic heterocycles. The van der Waals surface area contributed by atoms with Gasteiger partial charge in [-0.05, 0) is 25.0 Å². The molecule has 12 heavy (non-hydrogen) atoms. The summed E-state index contributed by atoms with van der Waals surface area (Å²) in [6, 6.07) is 0. The molecule has 1 atom stereocenters. The van der Waals surface area contributed by atoms with Crippen molar-refractivity contribution in [1.29, 1.82) is 0 Å². The monoisotopic (exact) mass is 164 g/mol. The van der Waals surface area contributed by atoms with Crippen LogP contribution >= 0.6 is 0 Å². The molecule has 0 bridgehead atoms. The SMILES string of the molecule is C=C1C=C(C)C(C)/C1=C/C.CC. The Morgan fingerprint density at radius 1 is 1.42 bits per heavy atom. The Labute approximate surface area is 76.7 Å². The van der Waals surface area contributed by atoms with Crippen molar-refractivity contribution in [3.8, 4) is 0 Å². The Kier molecular flexibility index (Phi) is 4.65. The van der Waals surface area contributed by atoms with Crippen molar-refractivity contribution in [2.45, 2.75) is 34.6 Å². The number of hydrogen-bond donors (Lipinski definition) is 0. The quantitative estimate of drug-likeness (QED) is 0.505. The topological polar surface area (TPSA) is 0 Å². The molecule has 0 saturated carbocycles. The highest BCUT2D eigenvalue weighted by Gasteiger charge is 2.17. The Bertz CT molecular complexity index is 216. The molecule has 0 heterocycles. The largest absolute Gasteiger partial charge is 0.0915 e. The summed E-state index contributed by atoms with van der Waals surface area (Å²) in [6.07, 6.45) is 4.32. The van der Waals surface area contributed by atoms with E-state index in [1.807, 2.05) is 13.8 Å². The molecule has 0 aromatic rings. The van der Waals surface area contributed by atoms with Crippen LogP contribution in [0.4, 0.5) is 0 Å². The van der Waals surface area contributed by atoms with Gasteiger partial charge in [-0.25, -0.2) is 0 Å². The third-order valence-corrected chi connectivity index (χ3v) is 2.23. The molecule has 0 aromatic carbocycles. The van der Waals surface area contributed by atoms with Gasteiger partial charge in [0.2, 0.25) is 0 Å². The molecule has 68 valence electrons. The van der Waals surface area contributed by atoms with Gasteiger partial charge in [0, 0.05) is 5.92 Å². The maximum absolute atomic E-state index is 3.96. The minimum atomic E-state index is 0.595. The lowest BCUT2D eigenvalue weighted by Crippen LogP contribution is -1.92.